The van der Waals surface area contributed by atoms with E-state index >= 15 is 0 Å². The molecular formula is C71H78N14O15S12. The number of aromatic nitrogens is 1. The van der Waals surface area contributed by atoms with Gasteiger partial charge >= 0.3 is 0 Å². The molecule has 41 heteroatoms. The lowest BCUT2D eigenvalue weighted by atomic mass is 9.86. The van der Waals surface area contributed by atoms with E-state index in [9.17, 15) is 72.9 Å². The van der Waals surface area contributed by atoms with Gasteiger partial charge in [-0.1, -0.05) is 182 Å². The number of aliphatic hydroxyl groups excluding tert-OH is 3. The number of nitrogens with one attached hydrogen (secondary N) is 1. The third kappa shape index (κ3) is 10.2. The number of carbonyl (C=O) groups is 12. The molecule has 112 heavy (non-hydrogen) atoms. The predicted octanol–water partition coefficient (Wildman–Crippen LogP) is 5.06. The number of carbonyl (C=O) groups excluding carboxylic acids is 12. The average Bonchev–Trinajstić information content (AvgIpc) is 1.48. The van der Waals surface area contributed by atoms with Crippen molar-refractivity contribution in [1.29, 1.82) is 0 Å². The zero-order valence-electron chi connectivity index (χ0n) is 61.4. The Labute approximate surface area is 691 Å². The van der Waals surface area contributed by atoms with Gasteiger partial charge in [0, 0.05) is 116 Å². The van der Waals surface area contributed by atoms with Gasteiger partial charge in [-0.05, 0) is 77.0 Å². The number of nitrogens with zero attached hydrogens (tertiary/aromatic N) is 13. The van der Waals surface area contributed by atoms with Crippen LogP contribution >= 0.6 is 130 Å². The number of aliphatic hydroxyl groups is 3. The number of hydrogen-bond donors (Lipinski definition) is 4. The van der Waals surface area contributed by atoms with Crippen molar-refractivity contribution in [2.24, 2.45) is 0 Å². The molecule has 594 valence electrons. The minimum atomic E-state index is -1.34. The van der Waals surface area contributed by atoms with E-state index in [1.165, 1.54) is 137 Å². The molecule has 24 heterocycles. The highest BCUT2D eigenvalue weighted by Gasteiger charge is 2.80. The van der Waals surface area contributed by atoms with Crippen LogP contribution in [0, 0.1) is 0 Å². The van der Waals surface area contributed by atoms with E-state index in [1.54, 1.807) is 103 Å². The minimum absolute atomic E-state index is 0.00454. The number of hydrogen-bond acceptors (Lipinski definition) is 28. The van der Waals surface area contributed by atoms with Gasteiger partial charge in [0.25, 0.3) is 70.9 Å². The van der Waals surface area contributed by atoms with Crippen LogP contribution < -0.4 is 5.32 Å². The monoisotopic (exact) mass is 1750 g/mol. The van der Waals surface area contributed by atoms with Gasteiger partial charge < -0.3 is 79.1 Å². The van der Waals surface area contributed by atoms with Crippen LogP contribution in [0.2, 0.25) is 0 Å². The van der Waals surface area contributed by atoms with Crippen LogP contribution in [0.3, 0.4) is 0 Å². The van der Waals surface area contributed by atoms with Crippen molar-refractivity contribution in [2.45, 2.75) is 143 Å². The van der Waals surface area contributed by atoms with Gasteiger partial charge in [-0.3, -0.25) is 62.4 Å². The number of benzene rings is 2. The fraction of sp³-hybridized carbons (Fsp3) is 0.521. The summed E-state index contributed by atoms with van der Waals surface area (Å²) < 4.78 is 2.22. The number of likely N-dealkylation sites (N-methyl/N-ethyl adjacent to an activating group) is 6. The molecule has 1 aliphatic carbocycles. The lowest BCUT2D eigenvalue weighted by Gasteiger charge is -2.58. The number of piperazine rings is 6. The average molecular weight is 1750 g/mol. The van der Waals surface area contributed by atoms with E-state index < -0.39 is 86.8 Å². The molecule has 3 aromatic rings. The van der Waals surface area contributed by atoms with Gasteiger partial charge in [-0.15, -0.1) is 13.2 Å². The summed E-state index contributed by atoms with van der Waals surface area (Å²) in [6.07, 6.45) is 14.4. The molecule has 4 spiro atoms. The second-order valence-corrected chi connectivity index (χ2v) is 45.5. The predicted molar refractivity (Wildman–Crippen MR) is 441 cm³/mol. The summed E-state index contributed by atoms with van der Waals surface area (Å²) in [4.78, 5) is 166. The Kier molecular flexibility index (Phi) is 19.6. The molecule has 22 saturated heterocycles. The second-order valence-electron chi connectivity index (χ2n) is 29.9. The molecule has 24 aliphatic rings. The third-order valence-corrected chi connectivity index (χ3v) is 45.3. The quantitative estimate of drug-likeness (QED) is 0.152. The smallest absolute Gasteiger partial charge is 0.264 e. The molecule has 12 amide bonds. The fourth-order valence-electron chi connectivity index (χ4n) is 18.6. The van der Waals surface area contributed by atoms with Crippen molar-refractivity contribution in [3.8, 4) is 0 Å². The van der Waals surface area contributed by atoms with Crippen molar-refractivity contribution in [3.05, 3.63) is 115 Å². The number of anilines is 1. The molecule has 0 saturated carbocycles. The first-order valence-corrected chi connectivity index (χ1v) is 49.3. The summed E-state index contributed by atoms with van der Waals surface area (Å²) in [5, 5.41) is 33.4. The van der Waals surface area contributed by atoms with Crippen LogP contribution in [0.15, 0.2) is 104 Å². The largest absolute Gasteiger partial charge is 0.392 e. The van der Waals surface area contributed by atoms with Crippen LogP contribution in [-0.2, 0) is 69.5 Å². The number of fused-ring (bicyclic) bond motifs is 19. The zero-order valence-corrected chi connectivity index (χ0v) is 71.2. The Bertz CT molecular complexity index is 4700. The lowest BCUT2D eigenvalue weighted by Crippen LogP contribution is -2.77. The molecule has 29 nitrogen and oxygen atoms in total. The Morgan fingerprint density at radius 2 is 1.02 bits per heavy atom. The van der Waals surface area contributed by atoms with E-state index in [4.69, 9.17) is 0 Å². The maximum Gasteiger partial charge on any atom is 0.264 e. The first kappa shape index (κ1) is 79.0. The molecule has 1 aromatic heterocycles. The number of rotatable bonds is 10. The standard InChI is InChI=1S/C32H32N6O5S4.C13H14N2O4S2.2C10H12N2O2S2.C6H8N2O2S2/c1-5-29-27(43)38-23-28(20-11-7-8-12-21(20)33-23,16-31(38,46-44-29)25(41)34(29)2)37-15-18(19-10-6-9-13-22(19)37)14-30-24(40)36(4)32(17-39,47-45-30)26(42)35(30)3;1-14-10(18)12-5-7-3-2-4-8(17)9(7)15(12)11(19)13(14,6-16)21-20-12;13-7-9-3-1-5-11(9)8(14)10(16-15-9)4-2-6-12(7)10;1-3-5-11-7(13)10-12(6-4-2)8(14)9(11)15-16-10;1-7-3(9)6-8(2)4(10)5(7)11-12-6/h6-13,15,23,33,39H,5,14,16-17H2,1-4H3;2-4,8-9,16-17H,5-6H2,1H3;1-6H2;3-4,9-10H,1-2,5-6H2;5-6H,1-2H3. The zero-order chi connectivity index (χ0) is 79.4. The maximum absolute atomic E-state index is 14.6. The topological polar surface area (TPSA) is 321 Å². The summed E-state index contributed by atoms with van der Waals surface area (Å²) >= 11 is 0. The number of allylic oxidation sites excluding steroid dienone is 2. The van der Waals surface area contributed by atoms with Crippen molar-refractivity contribution in [2.75, 3.05) is 87.0 Å². The molecular weight excluding hydrogens is 1670 g/mol. The number of amides is 12. The molecule has 27 rings (SSSR count). The van der Waals surface area contributed by atoms with E-state index in [1.807, 2.05) is 70.2 Å². The highest BCUT2D eigenvalue weighted by Crippen LogP contribution is 2.71. The first-order valence-electron chi connectivity index (χ1n) is 36.2. The summed E-state index contributed by atoms with van der Waals surface area (Å²) in [5.41, 5.74) is 3.74. The maximum atomic E-state index is 14.6. The molecule has 16 unspecified atom stereocenters. The van der Waals surface area contributed by atoms with Crippen LogP contribution in [-0.4, -0.2) is 310 Å². The Balaban J connectivity index is 0.000000115. The van der Waals surface area contributed by atoms with Crippen molar-refractivity contribution in [3.63, 3.8) is 0 Å². The Hall–Kier alpha value is -5.54. The van der Waals surface area contributed by atoms with Crippen molar-refractivity contribution in [1.82, 2.24) is 63.4 Å². The molecule has 12 bridgehead atoms. The minimum Gasteiger partial charge on any atom is -0.392 e. The molecule has 22 fully saturated rings. The van der Waals surface area contributed by atoms with Gasteiger partial charge in [0.05, 0.1) is 25.4 Å². The lowest BCUT2D eigenvalue weighted by molar-refractivity contribution is -0.168. The Morgan fingerprint density at radius 3 is 1.62 bits per heavy atom. The Morgan fingerprint density at radius 1 is 0.536 bits per heavy atom. The summed E-state index contributed by atoms with van der Waals surface area (Å²) in [6.45, 7) is 10.7. The van der Waals surface area contributed by atoms with Crippen LogP contribution in [0.1, 0.15) is 63.0 Å². The van der Waals surface area contributed by atoms with Crippen LogP contribution in [0.4, 0.5) is 5.69 Å². The van der Waals surface area contributed by atoms with Gasteiger partial charge in [0.2, 0.25) is 9.74 Å². The van der Waals surface area contributed by atoms with Gasteiger partial charge in [-0.2, -0.15) is 0 Å². The molecule has 23 aliphatic heterocycles. The molecule has 16 atom stereocenters. The van der Waals surface area contributed by atoms with Gasteiger partial charge in [0.1, 0.15) is 11.7 Å². The highest BCUT2D eigenvalue weighted by atomic mass is 33.1. The summed E-state index contributed by atoms with van der Waals surface area (Å²) in [6, 6.07) is 15.6. The number of para-hydroxylation sites is 2. The van der Waals surface area contributed by atoms with Gasteiger partial charge in [-0.25, -0.2) is 0 Å². The molecule has 0 radical (unpaired) electrons. The van der Waals surface area contributed by atoms with Crippen molar-refractivity contribution >= 4 is 217 Å². The van der Waals surface area contributed by atoms with Crippen molar-refractivity contribution < 1.29 is 72.9 Å². The van der Waals surface area contributed by atoms with E-state index in [0.29, 0.717) is 32.4 Å². The van der Waals surface area contributed by atoms with E-state index in [2.05, 4.69) is 35.3 Å². The summed E-state index contributed by atoms with van der Waals surface area (Å²) in [5.74, 6) is -0.674. The van der Waals surface area contributed by atoms with Crippen LogP contribution in [0.25, 0.3) is 10.9 Å². The van der Waals surface area contributed by atoms with E-state index in [0.717, 1.165) is 72.1 Å². The highest BCUT2D eigenvalue weighted by molar-refractivity contribution is 8.79. The van der Waals surface area contributed by atoms with Gasteiger partial charge in [0.15, 0.2) is 50.7 Å². The summed E-state index contributed by atoms with van der Waals surface area (Å²) in [7, 11) is 27.2. The van der Waals surface area contributed by atoms with Crippen LogP contribution in [0.5, 0.6) is 0 Å². The SMILES string of the molecule is C=CCN1C(=O)C2SSC1C(=O)N2CC=C.CCC12SSC3(CC4(n5cc(CC67SSC(CO)(C(=O)N6C)N(C)C7=O)c6ccccc65)c5ccccc5NC4N3C1=O)C(=O)N2C.CN1C(=O)C23CC4=CC=CC(O)C4N2C(=O)C1(CO)SS3.CN1C(=O)C2SSC1C(=O)N2C.O=C1N2CCCC23SSC12CCCN2C3=O. The second kappa shape index (κ2) is 27.8. The fourth-order valence-corrected chi connectivity index (χ4v) is 39.6. The first-order chi connectivity index (χ1) is 53.5. The molecule has 4 N–H and O–H groups in total. The van der Waals surface area contributed by atoms with E-state index in [-0.39, 0.29) is 88.1 Å². The normalized spacial score (nSPS) is 38.0. The third-order valence-electron chi connectivity index (χ3n) is 24.7. The molecule has 2 aromatic carbocycles.